The third-order valence-corrected chi connectivity index (χ3v) is 5.25. The summed E-state index contributed by atoms with van der Waals surface area (Å²) in [6.45, 7) is 9.52. The molecule has 0 radical (unpaired) electrons. The van der Waals surface area contributed by atoms with Gasteiger partial charge in [-0.3, -0.25) is 9.69 Å². The number of hydrogen-bond acceptors (Lipinski definition) is 5. The zero-order valence-corrected chi connectivity index (χ0v) is 18.8. The molecule has 1 heterocycles. The monoisotopic (exact) mass is 415 g/mol. The number of benzene rings is 1. The van der Waals surface area contributed by atoms with E-state index < -0.39 is 5.97 Å². The Morgan fingerprint density at radius 1 is 1.13 bits per heavy atom. The second-order valence-corrected chi connectivity index (χ2v) is 7.71. The summed E-state index contributed by atoms with van der Waals surface area (Å²) in [5.74, 6) is -0.710. The van der Waals surface area contributed by atoms with Gasteiger partial charge in [-0.1, -0.05) is 24.3 Å². The molecule has 164 valence electrons. The van der Waals surface area contributed by atoms with Crippen molar-refractivity contribution in [3.63, 3.8) is 0 Å². The predicted octanol–water partition coefficient (Wildman–Crippen LogP) is 3.20. The van der Waals surface area contributed by atoms with Crippen LogP contribution in [-0.2, 0) is 22.6 Å². The van der Waals surface area contributed by atoms with E-state index in [2.05, 4.69) is 42.2 Å². The second-order valence-electron chi connectivity index (χ2n) is 7.71. The summed E-state index contributed by atoms with van der Waals surface area (Å²) >= 11 is 0. The van der Waals surface area contributed by atoms with Crippen LogP contribution in [0.5, 0.6) is 0 Å². The third kappa shape index (κ3) is 5.93. The van der Waals surface area contributed by atoms with E-state index in [1.54, 1.807) is 21.0 Å². The highest BCUT2D eigenvalue weighted by molar-refractivity contribution is 6.00. The zero-order valence-electron chi connectivity index (χ0n) is 18.8. The van der Waals surface area contributed by atoms with E-state index in [1.165, 1.54) is 5.56 Å². The number of nitrogens with zero attached hydrogens (tertiary/aromatic N) is 1. The first-order valence-corrected chi connectivity index (χ1v) is 10.2. The summed E-state index contributed by atoms with van der Waals surface area (Å²) in [4.78, 5) is 30.4. The molecule has 0 aliphatic heterocycles. The number of aryl methyl sites for hydroxylation is 1. The Labute approximate surface area is 178 Å². The first kappa shape index (κ1) is 23.6. The van der Waals surface area contributed by atoms with E-state index in [0.717, 1.165) is 12.1 Å². The van der Waals surface area contributed by atoms with Crippen LogP contribution in [0.3, 0.4) is 0 Å². The van der Waals surface area contributed by atoms with Gasteiger partial charge in [0.1, 0.15) is 12.3 Å². The molecule has 0 saturated carbocycles. The molecule has 0 bridgehead atoms. The summed E-state index contributed by atoms with van der Waals surface area (Å²) in [6, 6.07) is 8.51. The standard InChI is InChI=1S/C23H33N3O4/c1-15(2)26(5)14-19-10-8-7-9-18(19)13-24-22(27)21-16(3)20(17(4)25-21)23(28)30-12-11-29-6/h7-10,15,25H,11-14H2,1-6H3,(H,24,27). The number of aromatic amines is 1. The minimum absolute atomic E-state index is 0.169. The minimum atomic E-state index is -0.459. The molecule has 0 spiro atoms. The topological polar surface area (TPSA) is 83.7 Å². The number of rotatable bonds is 10. The lowest BCUT2D eigenvalue weighted by Gasteiger charge is -2.22. The average molecular weight is 416 g/mol. The van der Waals surface area contributed by atoms with E-state index in [0.29, 0.717) is 41.7 Å². The van der Waals surface area contributed by atoms with Crippen LogP contribution in [0.1, 0.15) is 57.1 Å². The smallest absolute Gasteiger partial charge is 0.340 e. The van der Waals surface area contributed by atoms with Gasteiger partial charge >= 0.3 is 5.97 Å². The summed E-state index contributed by atoms with van der Waals surface area (Å²) in [5.41, 5.74) is 4.21. The van der Waals surface area contributed by atoms with Gasteiger partial charge in [0.2, 0.25) is 0 Å². The first-order valence-electron chi connectivity index (χ1n) is 10.2. The van der Waals surface area contributed by atoms with Crippen LogP contribution in [0.25, 0.3) is 0 Å². The number of amides is 1. The lowest BCUT2D eigenvalue weighted by Crippen LogP contribution is -2.28. The quantitative estimate of drug-likeness (QED) is 0.460. The van der Waals surface area contributed by atoms with Gasteiger partial charge in [0.25, 0.3) is 5.91 Å². The molecule has 7 nitrogen and oxygen atoms in total. The molecule has 7 heteroatoms. The lowest BCUT2D eigenvalue weighted by atomic mass is 10.1. The normalized spacial score (nSPS) is 11.2. The van der Waals surface area contributed by atoms with Crippen molar-refractivity contribution >= 4 is 11.9 Å². The van der Waals surface area contributed by atoms with Crippen molar-refractivity contribution in [2.75, 3.05) is 27.4 Å². The molecule has 2 rings (SSSR count). The van der Waals surface area contributed by atoms with Gasteiger partial charge in [-0.2, -0.15) is 0 Å². The average Bonchev–Trinajstić information content (AvgIpc) is 3.01. The first-order chi connectivity index (χ1) is 14.3. The molecule has 1 aromatic carbocycles. The molecule has 1 amide bonds. The molecule has 2 N–H and O–H groups in total. The highest BCUT2D eigenvalue weighted by Gasteiger charge is 2.23. The van der Waals surface area contributed by atoms with Crippen LogP contribution in [0.15, 0.2) is 24.3 Å². The maximum absolute atomic E-state index is 12.8. The van der Waals surface area contributed by atoms with Gasteiger partial charge < -0.3 is 19.8 Å². The Morgan fingerprint density at radius 3 is 2.43 bits per heavy atom. The maximum atomic E-state index is 12.8. The van der Waals surface area contributed by atoms with Crippen molar-refractivity contribution in [2.45, 2.75) is 46.8 Å². The van der Waals surface area contributed by atoms with Gasteiger partial charge in [-0.25, -0.2) is 4.79 Å². The highest BCUT2D eigenvalue weighted by atomic mass is 16.6. The fourth-order valence-electron chi connectivity index (χ4n) is 3.17. The van der Waals surface area contributed by atoms with Crippen molar-refractivity contribution in [1.29, 1.82) is 0 Å². The number of carbonyl (C=O) groups is 2. The Kier molecular flexibility index (Phi) is 8.62. The Hall–Kier alpha value is -2.64. The number of aromatic nitrogens is 1. The Morgan fingerprint density at radius 2 is 1.80 bits per heavy atom. The molecule has 0 aliphatic carbocycles. The molecular formula is C23H33N3O4. The third-order valence-electron chi connectivity index (χ3n) is 5.25. The maximum Gasteiger partial charge on any atom is 0.340 e. The number of H-pyrrole nitrogens is 1. The predicted molar refractivity (Wildman–Crippen MR) is 117 cm³/mol. The molecule has 0 fully saturated rings. The number of methoxy groups -OCH3 is 1. The van der Waals surface area contributed by atoms with E-state index in [4.69, 9.17) is 9.47 Å². The fourth-order valence-corrected chi connectivity index (χ4v) is 3.17. The second kappa shape index (κ2) is 10.9. The highest BCUT2D eigenvalue weighted by Crippen LogP contribution is 2.19. The van der Waals surface area contributed by atoms with Gasteiger partial charge in [-0.05, 0) is 51.4 Å². The SMILES string of the molecule is COCCOC(=O)c1c(C)[nH]c(C(=O)NCc2ccccc2CN(C)C(C)C)c1C. The van der Waals surface area contributed by atoms with Crippen LogP contribution in [0.2, 0.25) is 0 Å². The van der Waals surface area contributed by atoms with Crippen molar-refractivity contribution in [3.8, 4) is 0 Å². The summed E-state index contributed by atoms with van der Waals surface area (Å²) in [7, 11) is 3.63. The largest absolute Gasteiger partial charge is 0.460 e. The lowest BCUT2D eigenvalue weighted by molar-refractivity contribution is 0.0387. The van der Waals surface area contributed by atoms with Crippen LogP contribution in [-0.4, -0.2) is 55.2 Å². The molecule has 0 saturated heterocycles. The van der Waals surface area contributed by atoms with Gasteiger partial charge in [0, 0.05) is 31.9 Å². The molecule has 30 heavy (non-hydrogen) atoms. The summed E-state index contributed by atoms with van der Waals surface area (Å²) in [6.07, 6.45) is 0. The number of carbonyl (C=O) groups excluding carboxylic acids is 2. The van der Waals surface area contributed by atoms with Crippen LogP contribution in [0.4, 0.5) is 0 Å². The molecular weight excluding hydrogens is 382 g/mol. The van der Waals surface area contributed by atoms with Gasteiger partial charge in [0.05, 0.1) is 12.2 Å². The van der Waals surface area contributed by atoms with Crippen molar-refractivity contribution in [1.82, 2.24) is 15.2 Å². The molecule has 0 unspecified atom stereocenters. The number of esters is 1. The van der Waals surface area contributed by atoms with Crippen molar-refractivity contribution in [3.05, 3.63) is 57.9 Å². The Balaban J connectivity index is 2.09. The van der Waals surface area contributed by atoms with Gasteiger partial charge in [0.15, 0.2) is 0 Å². The van der Waals surface area contributed by atoms with Gasteiger partial charge in [-0.15, -0.1) is 0 Å². The van der Waals surface area contributed by atoms with E-state index in [9.17, 15) is 9.59 Å². The molecule has 0 aliphatic rings. The zero-order chi connectivity index (χ0) is 22.3. The fraction of sp³-hybridized carbons (Fsp3) is 0.478. The molecule has 0 atom stereocenters. The van der Waals surface area contributed by atoms with E-state index in [1.807, 2.05) is 18.2 Å². The van der Waals surface area contributed by atoms with Crippen LogP contribution >= 0.6 is 0 Å². The van der Waals surface area contributed by atoms with Crippen LogP contribution in [0, 0.1) is 13.8 Å². The molecule has 1 aromatic heterocycles. The number of nitrogens with one attached hydrogen (secondary N) is 2. The van der Waals surface area contributed by atoms with Crippen molar-refractivity contribution in [2.24, 2.45) is 0 Å². The number of ether oxygens (including phenoxy) is 2. The summed E-state index contributed by atoms with van der Waals surface area (Å²) < 4.78 is 10.1. The van der Waals surface area contributed by atoms with E-state index >= 15 is 0 Å². The Bertz CT molecular complexity index is 873. The summed E-state index contributed by atoms with van der Waals surface area (Å²) in [5, 5.41) is 2.97. The number of hydrogen-bond donors (Lipinski definition) is 2. The van der Waals surface area contributed by atoms with E-state index in [-0.39, 0.29) is 12.5 Å². The minimum Gasteiger partial charge on any atom is -0.460 e. The molecule has 2 aromatic rings. The van der Waals surface area contributed by atoms with Crippen LogP contribution < -0.4 is 5.32 Å². The van der Waals surface area contributed by atoms with Crippen molar-refractivity contribution < 1.29 is 19.1 Å².